The average Bonchev–Trinajstić information content (AvgIpc) is 2.83. The number of hydrogen-bond acceptors (Lipinski definition) is 3. The summed E-state index contributed by atoms with van der Waals surface area (Å²) in [6, 6.07) is 26.7. The van der Waals surface area contributed by atoms with Crippen LogP contribution in [-0.4, -0.2) is 29.5 Å². The van der Waals surface area contributed by atoms with E-state index in [1.807, 2.05) is 97.9 Å². The Morgan fingerprint density at radius 3 is 2.06 bits per heavy atom. The highest BCUT2D eigenvalue weighted by Crippen LogP contribution is 2.25. The fraction of sp³-hybridized carbons (Fsp3) is 0.214. The molecule has 0 radical (unpaired) electrons. The minimum Gasteiger partial charge on any atom is -0.345 e. The Hall–Kier alpha value is -3.70. The van der Waals surface area contributed by atoms with E-state index in [9.17, 15) is 9.59 Å². The number of aromatic nitrogens is 1. The van der Waals surface area contributed by atoms with Gasteiger partial charge in [-0.3, -0.25) is 14.2 Å². The molecule has 1 amide bonds. The van der Waals surface area contributed by atoms with E-state index in [-0.39, 0.29) is 17.5 Å². The van der Waals surface area contributed by atoms with Crippen molar-refractivity contribution >= 4 is 16.7 Å². The molecule has 0 saturated carbocycles. The molecule has 4 rings (SSSR count). The zero-order valence-electron chi connectivity index (χ0n) is 19.3. The maximum atomic E-state index is 13.9. The van der Waals surface area contributed by atoms with Crippen LogP contribution in [0.5, 0.6) is 0 Å². The van der Waals surface area contributed by atoms with Crippen LogP contribution in [0.3, 0.4) is 0 Å². The molecule has 0 spiro atoms. The van der Waals surface area contributed by atoms with Crippen LogP contribution in [0.15, 0.2) is 89.7 Å². The van der Waals surface area contributed by atoms with Crippen molar-refractivity contribution in [1.29, 1.82) is 0 Å². The van der Waals surface area contributed by atoms with E-state index in [1.54, 1.807) is 10.6 Å². The van der Waals surface area contributed by atoms with Gasteiger partial charge in [0, 0.05) is 23.0 Å². The van der Waals surface area contributed by atoms with Gasteiger partial charge < -0.3 is 10.2 Å². The summed E-state index contributed by atoms with van der Waals surface area (Å²) >= 11 is 0. The van der Waals surface area contributed by atoms with E-state index in [4.69, 9.17) is 0 Å². The number of pyridine rings is 1. The molecule has 1 aromatic heterocycles. The smallest absolute Gasteiger partial charge is 0.263 e. The Morgan fingerprint density at radius 2 is 1.45 bits per heavy atom. The number of benzene rings is 3. The Bertz CT molecular complexity index is 1310. The van der Waals surface area contributed by atoms with Gasteiger partial charge in [-0.1, -0.05) is 73.7 Å². The van der Waals surface area contributed by atoms with E-state index in [2.05, 4.69) is 12.2 Å². The van der Waals surface area contributed by atoms with Gasteiger partial charge in [-0.25, -0.2) is 0 Å². The molecule has 0 aliphatic rings. The molecule has 1 heterocycles. The molecule has 5 nitrogen and oxygen atoms in total. The second-order valence-corrected chi connectivity index (χ2v) is 8.43. The lowest BCUT2D eigenvalue weighted by Crippen LogP contribution is -2.34. The van der Waals surface area contributed by atoms with Gasteiger partial charge in [0.15, 0.2) is 0 Å². The highest BCUT2D eigenvalue weighted by Gasteiger charge is 2.24. The zero-order chi connectivity index (χ0) is 23.4. The van der Waals surface area contributed by atoms with E-state index < -0.39 is 0 Å². The summed E-state index contributed by atoms with van der Waals surface area (Å²) in [5.74, 6) is -0.177. The van der Waals surface area contributed by atoms with Crippen LogP contribution in [0.1, 0.15) is 41.0 Å². The number of carbonyl (C=O) groups excluding carboxylic acids is 1. The normalized spacial score (nSPS) is 12.1. The van der Waals surface area contributed by atoms with E-state index >= 15 is 0 Å². The van der Waals surface area contributed by atoms with Crippen molar-refractivity contribution in [2.24, 2.45) is 0 Å². The summed E-state index contributed by atoms with van der Waals surface area (Å²) in [4.78, 5) is 29.5. The lowest BCUT2D eigenvalue weighted by Gasteiger charge is -2.24. The number of hydrogen-bond donors (Lipinski definition) is 1. The summed E-state index contributed by atoms with van der Waals surface area (Å²) in [6.45, 7) is 2.50. The molecule has 0 bridgehead atoms. The second kappa shape index (κ2) is 9.84. The lowest BCUT2D eigenvalue weighted by atomic mass is 9.99. The molecule has 0 saturated heterocycles. The van der Waals surface area contributed by atoms with Crippen LogP contribution in [0.2, 0.25) is 0 Å². The fourth-order valence-corrected chi connectivity index (χ4v) is 4.29. The van der Waals surface area contributed by atoms with E-state index in [0.29, 0.717) is 28.6 Å². The minimum absolute atomic E-state index is 0.123. The number of nitrogens with zero attached hydrogens (tertiary/aromatic N) is 2. The molecular weight excluding hydrogens is 410 g/mol. The number of fused-ring (bicyclic) bond motifs is 1. The largest absolute Gasteiger partial charge is 0.345 e. The third kappa shape index (κ3) is 4.59. The summed E-state index contributed by atoms with van der Waals surface area (Å²) in [5.41, 5.74) is 2.89. The first-order valence-electron chi connectivity index (χ1n) is 11.2. The number of carbonyl (C=O) groups is 1. The van der Waals surface area contributed by atoms with Crippen molar-refractivity contribution in [1.82, 2.24) is 14.8 Å². The molecule has 4 aromatic rings. The molecule has 0 fully saturated rings. The number of amides is 1. The van der Waals surface area contributed by atoms with Crippen LogP contribution >= 0.6 is 0 Å². The maximum Gasteiger partial charge on any atom is 0.263 e. The minimum atomic E-state index is -0.177. The van der Waals surface area contributed by atoms with Crippen LogP contribution in [0.4, 0.5) is 0 Å². The van der Waals surface area contributed by atoms with Gasteiger partial charge in [0.1, 0.15) is 0 Å². The van der Waals surface area contributed by atoms with E-state index in [0.717, 1.165) is 17.7 Å². The predicted molar refractivity (Wildman–Crippen MR) is 134 cm³/mol. The average molecular weight is 440 g/mol. The summed E-state index contributed by atoms with van der Waals surface area (Å²) in [7, 11) is 3.88. The molecule has 0 unspecified atom stereocenters. The molecule has 0 aliphatic heterocycles. The third-order valence-electron chi connectivity index (χ3n) is 5.81. The van der Waals surface area contributed by atoms with Crippen molar-refractivity contribution < 1.29 is 4.79 Å². The van der Waals surface area contributed by atoms with Gasteiger partial charge in [0.25, 0.3) is 11.5 Å². The zero-order valence-corrected chi connectivity index (χ0v) is 19.3. The number of nitrogens with one attached hydrogen (secondary N) is 1. The molecular formula is C28H29N3O2. The van der Waals surface area contributed by atoms with Crippen molar-refractivity contribution in [3.05, 3.63) is 112 Å². The third-order valence-corrected chi connectivity index (χ3v) is 5.81. The molecule has 33 heavy (non-hydrogen) atoms. The fourth-order valence-electron chi connectivity index (χ4n) is 4.29. The number of para-hydroxylation sites is 1. The first-order valence-corrected chi connectivity index (χ1v) is 11.2. The summed E-state index contributed by atoms with van der Waals surface area (Å²) in [5, 5.41) is 4.43. The lowest BCUT2D eigenvalue weighted by molar-refractivity contribution is 0.0935. The van der Waals surface area contributed by atoms with Crippen LogP contribution in [-0.2, 0) is 6.54 Å². The monoisotopic (exact) mass is 439 g/mol. The predicted octanol–water partition coefficient (Wildman–Crippen LogP) is 4.93. The van der Waals surface area contributed by atoms with Crippen molar-refractivity contribution in [2.45, 2.75) is 25.9 Å². The Kier molecular flexibility index (Phi) is 6.71. The van der Waals surface area contributed by atoms with Crippen LogP contribution in [0.25, 0.3) is 16.5 Å². The maximum absolute atomic E-state index is 13.9. The molecule has 3 aromatic carbocycles. The van der Waals surface area contributed by atoms with Crippen molar-refractivity contribution in [3.63, 3.8) is 0 Å². The Morgan fingerprint density at radius 1 is 0.879 bits per heavy atom. The van der Waals surface area contributed by atoms with Gasteiger partial charge in [-0.15, -0.1) is 0 Å². The molecule has 0 aliphatic carbocycles. The standard InChI is InChI=1S/C28H29N3O2/c1-4-24(20-13-7-5-8-14-20)29-27(32)26-22-17-11-12-18-23(22)28(33)31(25(26)19-30(2)3)21-15-9-6-10-16-21/h5-18,24H,4,19H2,1-3H3,(H,29,32)/t24-/m0/s1. The van der Waals surface area contributed by atoms with Gasteiger partial charge in [0.05, 0.1) is 17.3 Å². The Balaban J connectivity index is 1.95. The molecule has 168 valence electrons. The van der Waals surface area contributed by atoms with Gasteiger partial charge in [0.2, 0.25) is 0 Å². The van der Waals surface area contributed by atoms with Crippen molar-refractivity contribution in [2.75, 3.05) is 14.1 Å². The van der Waals surface area contributed by atoms with Gasteiger partial charge in [-0.2, -0.15) is 0 Å². The van der Waals surface area contributed by atoms with Crippen LogP contribution in [0, 0.1) is 0 Å². The van der Waals surface area contributed by atoms with Crippen molar-refractivity contribution in [3.8, 4) is 5.69 Å². The Labute approximate surface area is 194 Å². The quantitative estimate of drug-likeness (QED) is 0.444. The highest BCUT2D eigenvalue weighted by molar-refractivity contribution is 6.08. The SMILES string of the molecule is CC[C@H](NC(=O)c1c(CN(C)C)n(-c2ccccc2)c(=O)c2ccccc12)c1ccccc1. The van der Waals surface area contributed by atoms with E-state index in [1.165, 1.54) is 0 Å². The molecule has 1 N–H and O–H groups in total. The topological polar surface area (TPSA) is 54.3 Å². The second-order valence-electron chi connectivity index (χ2n) is 8.43. The molecule has 5 heteroatoms. The highest BCUT2D eigenvalue weighted by atomic mass is 16.2. The summed E-state index contributed by atoms with van der Waals surface area (Å²) < 4.78 is 1.68. The van der Waals surface area contributed by atoms with Gasteiger partial charge in [-0.05, 0) is 44.3 Å². The molecule has 1 atom stereocenters. The summed E-state index contributed by atoms with van der Waals surface area (Å²) in [6.07, 6.45) is 0.759. The first kappa shape index (κ1) is 22.5. The first-order chi connectivity index (χ1) is 16.0. The number of rotatable bonds is 7. The van der Waals surface area contributed by atoms with Gasteiger partial charge >= 0.3 is 0 Å². The van der Waals surface area contributed by atoms with Crippen LogP contribution < -0.4 is 10.9 Å².